The van der Waals surface area contributed by atoms with Gasteiger partial charge in [0.05, 0.1) is 16.7 Å². The maximum absolute atomic E-state index is 6.26. The molecule has 2 aromatic rings. The van der Waals surface area contributed by atoms with Gasteiger partial charge in [-0.25, -0.2) is 4.98 Å². The van der Waals surface area contributed by atoms with Crippen LogP contribution in [0.5, 0.6) is 5.75 Å². The van der Waals surface area contributed by atoms with Gasteiger partial charge in [0.2, 0.25) is 0 Å². The molecule has 0 atom stereocenters. The molecule has 2 rings (SSSR count). The van der Waals surface area contributed by atoms with Gasteiger partial charge in [0.1, 0.15) is 5.52 Å². The highest BCUT2D eigenvalue weighted by Crippen LogP contribution is 2.37. The summed E-state index contributed by atoms with van der Waals surface area (Å²) in [6, 6.07) is 5.60. The SMILES string of the molecule is CCCNCCCOc1c(Cl)cc(Cl)c2ccc(C)nc12. The molecule has 0 fully saturated rings. The van der Waals surface area contributed by atoms with Crippen LogP contribution >= 0.6 is 23.2 Å². The minimum Gasteiger partial charge on any atom is -0.490 e. The van der Waals surface area contributed by atoms with Crippen molar-refractivity contribution in [2.45, 2.75) is 26.7 Å². The van der Waals surface area contributed by atoms with Gasteiger partial charge < -0.3 is 10.1 Å². The lowest BCUT2D eigenvalue weighted by atomic mass is 10.2. The number of benzene rings is 1. The van der Waals surface area contributed by atoms with Crippen LogP contribution in [0.25, 0.3) is 10.9 Å². The topological polar surface area (TPSA) is 34.1 Å². The van der Waals surface area contributed by atoms with E-state index in [4.69, 9.17) is 27.9 Å². The number of nitrogens with one attached hydrogen (secondary N) is 1. The van der Waals surface area contributed by atoms with E-state index in [1.54, 1.807) is 6.07 Å². The van der Waals surface area contributed by atoms with Crippen LogP contribution in [0.2, 0.25) is 10.0 Å². The van der Waals surface area contributed by atoms with Gasteiger partial charge in [0, 0.05) is 11.1 Å². The van der Waals surface area contributed by atoms with Crippen molar-refractivity contribution in [2.24, 2.45) is 0 Å². The Hall–Kier alpha value is -1.03. The maximum Gasteiger partial charge on any atom is 0.164 e. The maximum atomic E-state index is 6.26. The lowest BCUT2D eigenvalue weighted by Gasteiger charge is -2.12. The third-order valence-corrected chi connectivity index (χ3v) is 3.74. The smallest absolute Gasteiger partial charge is 0.164 e. The van der Waals surface area contributed by atoms with Crippen LogP contribution in [-0.2, 0) is 0 Å². The minimum atomic E-state index is 0.507. The molecule has 0 aliphatic heterocycles. The number of pyridine rings is 1. The molecule has 0 spiro atoms. The molecule has 0 bridgehead atoms. The van der Waals surface area contributed by atoms with E-state index < -0.39 is 0 Å². The van der Waals surface area contributed by atoms with E-state index in [0.717, 1.165) is 42.5 Å². The number of nitrogens with zero attached hydrogens (tertiary/aromatic N) is 1. The standard InChI is InChI=1S/C16H20Cl2N2O/c1-3-7-19-8-4-9-21-16-14(18)10-13(17)12-6-5-11(2)20-15(12)16/h5-6,10,19H,3-4,7-9H2,1-2H3. The molecule has 0 unspecified atom stereocenters. The average molecular weight is 327 g/mol. The van der Waals surface area contributed by atoms with E-state index in [1.807, 2.05) is 19.1 Å². The fraction of sp³-hybridized carbons (Fsp3) is 0.438. The third-order valence-electron chi connectivity index (χ3n) is 3.15. The Labute approximate surface area is 135 Å². The monoisotopic (exact) mass is 326 g/mol. The highest BCUT2D eigenvalue weighted by molar-refractivity contribution is 6.39. The summed E-state index contributed by atoms with van der Waals surface area (Å²) in [6.45, 7) is 6.65. The number of hydrogen-bond donors (Lipinski definition) is 1. The molecular formula is C16H20Cl2N2O. The van der Waals surface area contributed by atoms with E-state index >= 15 is 0 Å². The molecule has 1 heterocycles. The van der Waals surface area contributed by atoms with Gasteiger partial charge in [0.15, 0.2) is 5.75 Å². The van der Waals surface area contributed by atoms with E-state index in [0.29, 0.717) is 22.4 Å². The summed E-state index contributed by atoms with van der Waals surface area (Å²) >= 11 is 12.5. The third kappa shape index (κ3) is 4.22. The first-order valence-corrected chi connectivity index (χ1v) is 7.98. The number of halogens is 2. The van der Waals surface area contributed by atoms with Gasteiger partial charge in [-0.3, -0.25) is 0 Å². The summed E-state index contributed by atoms with van der Waals surface area (Å²) in [5, 5.41) is 5.31. The molecule has 0 saturated carbocycles. The number of hydrogen-bond acceptors (Lipinski definition) is 3. The molecule has 0 aliphatic carbocycles. The van der Waals surface area contributed by atoms with Crippen LogP contribution in [0.3, 0.4) is 0 Å². The van der Waals surface area contributed by atoms with Crippen LogP contribution in [0, 0.1) is 6.92 Å². The van der Waals surface area contributed by atoms with Crippen molar-refractivity contribution in [2.75, 3.05) is 19.7 Å². The number of rotatable bonds is 7. The summed E-state index contributed by atoms with van der Waals surface area (Å²) in [5.41, 5.74) is 1.64. The zero-order valence-corrected chi connectivity index (χ0v) is 13.9. The first-order chi connectivity index (χ1) is 10.1. The fourth-order valence-electron chi connectivity index (χ4n) is 2.10. The second-order valence-electron chi connectivity index (χ2n) is 4.97. The van der Waals surface area contributed by atoms with Crippen molar-refractivity contribution in [1.29, 1.82) is 0 Å². The average Bonchev–Trinajstić information content (AvgIpc) is 2.45. The normalized spacial score (nSPS) is 11.0. The van der Waals surface area contributed by atoms with Crippen LogP contribution in [0.1, 0.15) is 25.5 Å². The van der Waals surface area contributed by atoms with E-state index in [2.05, 4.69) is 17.2 Å². The molecule has 5 heteroatoms. The lowest BCUT2D eigenvalue weighted by Crippen LogP contribution is -2.18. The van der Waals surface area contributed by atoms with Crippen molar-refractivity contribution in [3.8, 4) is 5.75 Å². The molecule has 114 valence electrons. The van der Waals surface area contributed by atoms with E-state index in [-0.39, 0.29) is 0 Å². The molecule has 0 radical (unpaired) electrons. The summed E-state index contributed by atoms with van der Waals surface area (Å²) < 4.78 is 5.85. The largest absolute Gasteiger partial charge is 0.490 e. The molecule has 21 heavy (non-hydrogen) atoms. The predicted molar refractivity (Wildman–Crippen MR) is 89.8 cm³/mol. The van der Waals surface area contributed by atoms with Crippen LogP contribution in [0.15, 0.2) is 18.2 Å². The molecule has 0 amide bonds. The number of aryl methyl sites for hydroxylation is 1. The quantitative estimate of drug-likeness (QED) is 0.754. The Bertz CT molecular complexity index is 617. The highest BCUT2D eigenvalue weighted by Gasteiger charge is 2.13. The Morgan fingerprint density at radius 2 is 2.00 bits per heavy atom. The Balaban J connectivity index is 2.13. The first-order valence-electron chi connectivity index (χ1n) is 7.22. The Morgan fingerprint density at radius 3 is 2.76 bits per heavy atom. The summed E-state index contributed by atoms with van der Waals surface area (Å²) in [6.07, 6.45) is 2.06. The van der Waals surface area contributed by atoms with E-state index in [1.165, 1.54) is 0 Å². The second-order valence-corrected chi connectivity index (χ2v) is 5.78. The van der Waals surface area contributed by atoms with Gasteiger partial charge in [-0.05, 0) is 51.1 Å². The predicted octanol–water partition coefficient (Wildman–Crippen LogP) is 4.62. The second kappa shape index (κ2) is 7.83. The lowest BCUT2D eigenvalue weighted by molar-refractivity contribution is 0.311. The summed E-state index contributed by atoms with van der Waals surface area (Å²) in [4.78, 5) is 4.52. The van der Waals surface area contributed by atoms with Crippen LogP contribution in [-0.4, -0.2) is 24.7 Å². The van der Waals surface area contributed by atoms with Crippen LogP contribution in [0.4, 0.5) is 0 Å². The fourth-order valence-corrected chi connectivity index (χ4v) is 2.67. The van der Waals surface area contributed by atoms with Gasteiger partial charge >= 0.3 is 0 Å². The minimum absolute atomic E-state index is 0.507. The van der Waals surface area contributed by atoms with Crippen molar-refractivity contribution in [3.63, 3.8) is 0 Å². The number of fused-ring (bicyclic) bond motifs is 1. The molecule has 3 nitrogen and oxygen atoms in total. The molecule has 1 aromatic carbocycles. The molecule has 0 saturated heterocycles. The van der Waals surface area contributed by atoms with Crippen molar-refractivity contribution < 1.29 is 4.74 Å². The summed E-state index contributed by atoms with van der Waals surface area (Å²) in [5.74, 6) is 0.621. The molecular weight excluding hydrogens is 307 g/mol. The Kier molecular flexibility index (Phi) is 6.09. The molecule has 1 N–H and O–H groups in total. The van der Waals surface area contributed by atoms with Crippen LogP contribution < -0.4 is 10.1 Å². The van der Waals surface area contributed by atoms with Gasteiger partial charge in [-0.15, -0.1) is 0 Å². The Morgan fingerprint density at radius 1 is 1.19 bits per heavy atom. The zero-order valence-electron chi connectivity index (χ0n) is 12.4. The van der Waals surface area contributed by atoms with Crippen molar-refractivity contribution in [1.82, 2.24) is 10.3 Å². The van der Waals surface area contributed by atoms with Gasteiger partial charge in [-0.2, -0.15) is 0 Å². The molecule has 0 aliphatic rings. The molecule has 1 aromatic heterocycles. The van der Waals surface area contributed by atoms with E-state index in [9.17, 15) is 0 Å². The van der Waals surface area contributed by atoms with Gasteiger partial charge in [0.25, 0.3) is 0 Å². The van der Waals surface area contributed by atoms with Crippen molar-refractivity contribution in [3.05, 3.63) is 33.9 Å². The number of ether oxygens (including phenoxy) is 1. The highest BCUT2D eigenvalue weighted by atomic mass is 35.5. The van der Waals surface area contributed by atoms with Crippen molar-refractivity contribution >= 4 is 34.1 Å². The number of aromatic nitrogens is 1. The zero-order chi connectivity index (χ0) is 15.2. The first kappa shape index (κ1) is 16.3. The summed E-state index contributed by atoms with van der Waals surface area (Å²) in [7, 11) is 0. The van der Waals surface area contributed by atoms with Gasteiger partial charge in [-0.1, -0.05) is 30.1 Å².